The summed E-state index contributed by atoms with van der Waals surface area (Å²) in [7, 11) is 0. The number of rotatable bonds is 6. The van der Waals surface area contributed by atoms with Crippen LogP contribution in [-0.4, -0.2) is 54.8 Å². The Morgan fingerprint density at radius 3 is 2.79 bits per heavy atom. The monoisotopic (exact) mass is 282 g/mol. The van der Waals surface area contributed by atoms with Gasteiger partial charge in [0.15, 0.2) is 0 Å². The van der Waals surface area contributed by atoms with Crippen LogP contribution in [0.5, 0.6) is 0 Å². The largest absolute Gasteiger partial charge is 0.411 e. The fourth-order valence-electron chi connectivity index (χ4n) is 2.26. The van der Waals surface area contributed by atoms with E-state index in [1.54, 1.807) is 0 Å². The number of alkyl halides is 3. The number of likely N-dealkylation sites (tertiary alicyclic amines) is 1. The first-order chi connectivity index (χ1) is 8.96. The minimum Gasteiger partial charge on any atom is -0.411 e. The minimum atomic E-state index is -4.25. The predicted octanol–water partition coefficient (Wildman–Crippen LogP) is 2.52. The summed E-state index contributed by atoms with van der Waals surface area (Å²) in [5.41, 5.74) is 0.826. The Balaban J connectivity index is 2.17. The fraction of sp³-hybridized carbons (Fsp3) is 0.917. The molecular weight excluding hydrogens is 261 g/mol. The van der Waals surface area contributed by atoms with Gasteiger partial charge in [-0.05, 0) is 12.8 Å². The standard InChI is InChI=1S/C12H21F3N2O2/c1-2-10-8-17(6-4-11(10)16-18)5-3-7-19-9-12(13,14)15/h10,18H,2-9H2,1H3. The number of piperidine rings is 1. The highest BCUT2D eigenvalue weighted by Gasteiger charge is 2.27. The van der Waals surface area contributed by atoms with Crippen molar-refractivity contribution in [2.75, 3.05) is 32.8 Å². The van der Waals surface area contributed by atoms with E-state index >= 15 is 0 Å². The molecule has 1 N–H and O–H groups in total. The van der Waals surface area contributed by atoms with Gasteiger partial charge in [0.05, 0.1) is 5.71 Å². The molecule has 1 aliphatic rings. The van der Waals surface area contributed by atoms with Crippen LogP contribution in [0.3, 0.4) is 0 Å². The number of hydrogen-bond donors (Lipinski definition) is 1. The molecule has 112 valence electrons. The Morgan fingerprint density at radius 2 is 2.21 bits per heavy atom. The molecule has 0 aromatic rings. The van der Waals surface area contributed by atoms with Gasteiger partial charge in [0, 0.05) is 38.6 Å². The highest BCUT2D eigenvalue weighted by atomic mass is 19.4. The molecule has 0 saturated carbocycles. The summed E-state index contributed by atoms with van der Waals surface area (Å²) in [6, 6.07) is 0. The Bertz CT molecular complexity index is 295. The van der Waals surface area contributed by atoms with E-state index in [2.05, 4.69) is 14.8 Å². The first-order valence-corrected chi connectivity index (χ1v) is 6.54. The molecule has 1 rings (SSSR count). The zero-order valence-electron chi connectivity index (χ0n) is 11.1. The third-order valence-corrected chi connectivity index (χ3v) is 3.28. The van der Waals surface area contributed by atoms with Crippen LogP contribution in [0.2, 0.25) is 0 Å². The van der Waals surface area contributed by atoms with E-state index in [-0.39, 0.29) is 12.5 Å². The van der Waals surface area contributed by atoms with Crippen molar-refractivity contribution in [3.05, 3.63) is 0 Å². The van der Waals surface area contributed by atoms with Crippen LogP contribution < -0.4 is 0 Å². The van der Waals surface area contributed by atoms with Crippen LogP contribution >= 0.6 is 0 Å². The topological polar surface area (TPSA) is 45.1 Å². The van der Waals surface area contributed by atoms with Gasteiger partial charge in [-0.2, -0.15) is 13.2 Å². The third kappa shape index (κ3) is 6.24. The summed E-state index contributed by atoms with van der Waals surface area (Å²) in [6.45, 7) is 3.28. The van der Waals surface area contributed by atoms with Gasteiger partial charge in [0.25, 0.3) is 0 Å². The molecular formula is C12H21F3N2O2. The number of halogens is 3. The second kappa shape index (κ2) is 7.69. The summed E-state index contributed by atoms with van der Waals surface area (Å²) < 4.78 is 40.1. The van der Waals surface area contributed by atoms with Crippen molar-refractivity contribution < 1.29 is 23.1 Å². The molecule has 1 saturated heterocycles. The summed E-state index contributed by atoms with van der Waals surface area (Å²) in [6.07, 6.45) is -2.04. The molecule has 0 aliphatic carbocycles. The van der Waals surface area contributed by atoms with Crippen LogP contribution in [0, 0.1) is 5.92 Å². The SMILES string of the molecule is CCC1CN(CCCOCC(F)(F)F)CCC1=NO. The van der Waals surface area contributed by atoms with Crippen LogP contribution in [0.25, 0.3) is 0 Å². The van der Waals surface area contributed by atoms with Gasteiger partial charge >= 0.3 is 6.18 Å². The van der Waals surface area contributed by atoms with Crippen molar-refractivity contribution >= 4 is 5.71 Å². The van der Waals surface area contributed by atoms with Crippen LogP contribution in [0.4, 0.5) is 13.2 Å². The molecule has 1 atom stereocenters. The second-order valence-corrected chi connectivity index (χ2v) is 4.77. The average Bonchev–Trinajstić information content (AvgIpc) is 2.36. The molecule has 1 aliphatic heterocycles. The Hall–Kier alpha value is -0.820. The molecule has 19 heavy (non-hydrogen) atoms. The molecule has 1 unspecified atom stereocenters. The number of oxime groups is 1. The molecule has 7 heteroatoms. The normalized spacial score (nSPS) is 24.0. The van der Waals surface area contributed by atoms with Gasteiger partial charge in [-0.1, -0.05) is 12.1 Å². The minimum absolute atomic E-state index is 0.119. The molecule has 0 radical (unpaired) electrons. The summed E-state index contributed by atoms with van der Waals surface area (Å²) in [5.74, 6) is 0.245. The maximum absolute atomic E-state index is 11.8. The van der Waals surface area contributed by atoms with Crippen LogP contribution in [0.15, 0.2) is 5.16 Å². The first-order valence-electron chi connectivity index (χ1n) is 6.54. The second-order valence-electron chi connectivity index (χ2n) is 4.77. The molecule has 4 nitrogen and oxygen atoms in total. The summed E-state index contributed by atoms with van der Waals surface area (Å²) in [5, 5.41) is 12.2. The maximum Gasteiger partial charge on any atom is 0.411 e. The van der Waals surface area contributed by atoms with Gasteiger partial charge in [0.2, 0.25) is 0 Å². The van der Waals surface area contributed by atoms with E-state index < -0.39 is 12.8 Å². The summed E-state index contributed by atoms with van der Waals surface area (Å²) in [4.78, 5) is 2.18. The number of nitrogens with zero attached hydrogens (tertiary/aromatic N) is 2. The summed E-state index contributed by atoms with van der Waals surface area (Å²) >= 11 is 0. The molecule has 0 bridgehead atoms. The zero-order chi connectivity index (χ0) is 14.3. The third-order valence-electron chi connectivity index (χ3n) is 3.28. The molecule has 1 heterocycles. The Kier molecular flexibility index (Phi) is 6.57. The number of ether oxygens (including phenoxy) is 1. The van der Waals surface area contributed by atoms with Gasteiger partial charge in [-0.3, -0.25) is 0 Å². The molecule has 0 aromatic carbocycles. The zero-order valence-corrected chi connectivity index (χ0v) is 11.1. The van der Waals surface area contributed by atoms with E-state index in [0.29, 0.717) is 13.0 Å². The molecule has 0 amide bonds. The number of hydrogen-bond acceptors (Lipinski definition) is 4. The molecule has 1 fully saturated rings. The smallest absolute Gasteiger partial charge is 0.411 e. The maximum atomic E-state index is 11.8. The van der Waals surface area contributed by atoms with Crippen molar-refractivity contribution in [3.8, 4) is 0 Å². The highest BCUT2D eigenvalue weighted by Crippen LogP contribution is 2.18. The van der Waals surface area contributed by atoms with E-state index in [1.807, 2.05) is 6.92 Å². The van der Waals surface area contributed by atoms with E-state index in [4.69, 9.17) is 5.21 Å². The first kappa shape index (κ1) is 16.2. The van der Waals surface area contributed by atoms with E-state index in [9.17, 15) is 13.2 Å². The van der Waals surface area contributed by atoms with Gasteiger partial charge in [-0.15, -0.1) is 0 Å². The van der Waals surface area contributed by atoms with Gasteiger partial charge in [0.1, 0.15) is 6.61 Å². The fourth-order valence-corrected chi connectivity index (χ4v) is 2.26. The lowest BCUT2D eigenvalue weighted by Gasteiger charge is -2.32. The van der Waals surface area contributed by atoms with Gasteiger partial charge < -0.3 is 14.8 Å². The van der Waals surface area contributed by atoms with Crippen molar-refractivity contribution in [3.63, 3.8) is 0 Å². The molecule has 0 spiro atoms. The lowest BCUT2D eigenvalue weighted by atomic mass is 9.93. The van der Waals surface area contributed by atoms with E-state index in [0.717, 1.165) is 31.6 Å². The Morgan fingerprint density at radius 1 is 1.47 bits per heavy atom. The van der Waals surface area contributed by atoms with Crippen molar-refractivity contribution in [2.45, 2.75) is 32.4 Å². The highest BCUT2D eigenvalue weighted by molar-refractivity contribution is 5.87. The predicted molar refractivity (Wildman–Crippen MR) is 65.6 cm³/mol. The van der Waals surface area contributed by atoms with Crippen molar-refractivity contribution in [1.29, 1.82) is 0 Å². The van der Waals surface area contributed by atoms with Crippen molar-refractivity contribution in [1.82, 2.24) is 4.90 Å². The van der Waals surface area contributed by atoms with E-state index in [1.165, 1.54) is 0 Å². The van der Waals surface area contributed by atoms with Crippen molar-refractivity contribution in [2.24, 2.45) is 11.1 Å². The van der Waals surface area contributed by atoms with Crippen LogP contribution in [-0.2, 0) is 4.74 Å². The lowest BCUT2D eigenvalue weighted by Crippen LogP contribution is -2.41. The van der Waals surface area contributed by atoms with Gasteiger partial charge in [-0.25, -0.2) is 0 Å². The Labute approximate surface area is 111 Å². The van der Waals surface area contributed by atoms with Crippen LogP contribution in [0.1, 0.15) is 26.2 Å². The quantitative estimate of drug-likeness (QED) is 0.462. The lowest BCUT2D eigenvalue weighted by molar-refractivity contribution is -0.174. The molecule has 0 aromatic heterocycles. The average molecular weight is 282 g/mol.